The van der Waals surface area contributed by atoms with Crippen LogP contribution in [0.2, 0.25) is 0 Å². The number of carbonyl (C=O) groups excluding carboxylic acids is 2. The maximum Gasteiger partial charge on any atom is 0.260 e. The number of ether oxygens (including phenoxy) is 2. The molecule has 1 atom stereocenters. The van der Waals surface area contributed by atoms with Crippen molar-refractivity contribution in [2.75, 3.05) is 33.9 Å². The van der Waals surface area contributed by atoms with Crippen molar-refractivity contribution in [1.29, 1.82) is 0 Å². The van der Waals surface area contributed by atoms with E-state index in [9.17, 15) is 9.59 Å². The Balaban J connectivity index is 1.40. The van der Waals surface area contributed by atoms with Gasteiger partial charge in [-0.3, -0.25) is 9.59 Å². The number of likely N-dealkylation sites (tertiary alicyclic amines) is 1. The van der Waals surface area contributed by atoms with Crippen molar-refractivity contribution in [1.82, 2.24) is 9.80 Å². The highest BCUT2D eigenvalue weighted by molar-refractivity contribution is 5.95. The van der Waals surface area contributed by atoms with Gasteiger partial charge in [0.05, 0.1) is 18.9 Å². The van der Waals surface area contributed by atoms with E-state index in [0.29, 0.717) is 35.9 Å². The molecule has 1 aromatic heterocycles. The molecular formula is C29H34N2O5. The van der Waals surface area contributed by atoms with Crippen molar-refractivity contribution in [3.63, 3.8) is 0 Å². The SMILES string of the molecule is COc1ccccc1OCC(=O)N1CCC([C@H](Cc2ccccc2)N(C)C(=O)c2ccoc2C)CC1. The fourth-order valence-corrected chi connectivity index (χ4v) is 4.93. The Morgan fingerprint density at radius 2 is 1.69 bits per heavy atom. The van der Waals surface area contributed by atoms with Gasteiger partial charge in [-0.2, -0.15) is 0 Å². The maximum atomic E-state index is 13.3. The van der Waals surface area contributed by atoms with Crippen LogP contribution in [0.15, 0.2) is 71.3 Å². The van der Waals surface area contributed by atoms with Gasteiger partial charge in [-0.25, -0.2) is 0 Å². The van der Waals surface area contributed by atoms with Gasteiger partial charge in [0.2, 0.25) is 0 Å². The van der Waals surface area contributed by atoms with Crippen LogP contribution in [0.25, 0.3) is 0 Å². The molecule has 1 saturated heterocycles. The van der Waals surface area contributed by atoms with E-state index in [4.69, 9.17) is 13.9 Å². The van der Waals surface area contributed by atoms with Gasteiger partial charge in [0.1, 0.15) is 5.76 Å². The summed E-state index contributed by atoms with van der Waals surface area (Å²) in [6.45, 7) is 3.05. The summed E-state index contributed by atoms with van der Waals surface area (Å²) in [6.07, 6.45) is 3.95. The number of hydrogen-bond acceptors (Lipinski definition) is 5. The van der Waals surface area contributed by atoms with E-state index >= 15 is 0 Å². The lowest BCUT2D eigenvalue weighted by Crippen LogP contribution is -2.49. The van der Waals surface area contributed by atoms with Crippen molar-refractivity contribution >= 4 is 11.8 Å². The van der Waals surface area contributed by atoms with Crippen LogP contribution >= 0.6 is 0 Å². The van der Waals surface area contributed by atoms with Crippen LogP contribution in [-0.2, 0) is 11.2 Å². The number of hydrogen-bond donors (Lipinski definition) is 0. The Kier molecular flexibility index (Phi) is 8.31. The quantitative estimate of drug-likeness (QED) is 0.439. The van der Waals surface area contributed by atoms with Crippen LogP contribution in [0, 0.1) is 12.8 Å². The van der Waals surface area contributed by atoms with Gasteiger partial charge < -0.3 is 23.7 Å². The maximum absolute atomic E-state index is 13.3. The summed E-state index contributed by atoms with van der Waals surface area (Å²) in [7, 11) is 3.46. The molecule has 0 spiro atoms. The highest BCUT2D eigenvalue weighted by Crippen LogP contribution is 2.29. The summed E-state index contributed by atoms with van der Waals surface area (Å²) in [5, 5.41) is 0. The number of benzene rings is 2. The fraction of sp³-hybridized carbons (Fsp3) is 0.379. The number of methoxy groups -OCH3 is 1. The van der Waals surface area contributed by atoms with Gasteiger partial charge >= 0.3 is 0 Å². The average molecular weight is 491 g/mol. The number of nitrogens with zero attached hydrogens (tertiary/aromatic N) is 2. The minimum Gasteiger partial charge on any atom is -0.493 e. The summed E-state index contributed by atoms with van der Waals surface area (Å²) < 4.78 is 16.4. The van der Waals surface area contributed by atoms with Crippen LogP contribution < -0.4 is 9.47 Å². The van der Waals surface area contributed by atoms with E-state index < -0.39 is 0 Å². The van der Waals surface area contributed by atoms with Crippen molar-refractivity contribution in [3.05, 3.63) is 83.8 Å². The fourth-order valence-electron chi connectivity index (χ4n) is 4.93. The third-order valence-corrected chi connectivity index (χ3v) is 7.05. The van der Waals surface area contributed by atoms with Gasteiger partial charge in [-0.1, -0.05) is 42.5 Å². The number of amides is 2. The monoisotopic (exact) mass is 490 g/mol. The lowest BCUT2D eigenvalue weighted by molar-refractivity contribution is -0.135. The molecule has 0 bridgehead atoms. The lowest BCUT2D eigenvalue weighted by Gasteiger charge is -2.40. The second kappa shape index (κ2) is 11.8. The first-order valence-electron chi connectivity index (χ1n) is 12.4. The van der Waals surface area contributed by atoms with Crippen LogP contribution in [0.1, 0.15) is 34.5 Å². The second-order valence-corrected chi connectivity index (χ2v) is 9.22. The molecule has 0 saturated carbocycles. The molecule has 0 radical (unpaired) electrons. The summed E-state index contributed by atoms with van der Waals surface area (Å²) in [5.74, 6) is 1.98. The zero-order valence-corrected chi connectivity index (χ0v) is 21.2. The molecular weight excluding hydrogens is 456 g/mol. The second-order valence-electron chi connectivity index (χ2n) is 9.22. The normalized spacial score (nSPS) is 14.8. The van der Waals surface area contributed by atoms with Crippen LogP contribution in [-0.4, -0.2) is 61.5 Å². The van der Waals surface area contributed by atoms with Crippen molar-refractivity contribution in [2.45, 2.75) is 32.2 Å². The molecule has 1 aliphatic heterocycles. The molecule has 0 unspecified atom stereocenters. The summed E-state index contributed by atoms with van der Waals surface area (Å²) in [6, 6.07) is 19.3. The van der Waals surface area contributed by atoms with Gasteiger partial charge in [0.15, 0.2) is 18.1 Å². The molecule has 1 aliphatic rings. The van der Waals surface area contributed by atoms with Gasteiger partial charge in [0, 0.05) is 26.2 Å². The Morgan fingerprint density at radius 3 is 2.33 bits per heavy atom. The number of aryl methyl sites for hydroxylation is 1. The predicted octanol–water partition coefficient (Wildman–Crippen LogP) is 4.60. The molecule has 2 aromatic carbocycles. The smallest absolute Gasteiger partial charge is 0.260 e. The molecule has 7 nitrogen and oxygen atoms in total. The Bertz CT molecular complexity index is 1150. The molecule has 36 heavy (non-hydrogen) atoms. The molecule has 3 aromatic rings. The van der Waals surface area contributed by atoms with Crippen molar-refractivity contribution in [2.24, 2.45) is 5.92 Å². The topological polar surface area (TPSA) is 72.2 Å². The van der Waals surface area contributed by atoms with Crippen LogP contribution in [0.4, 0.5) is 0 Å². The minimum atomic E-state index is -0.0441. The number of rotatable bonds is 9. The number of piperidine rings is 1. The number of carbonyl (C=O) groups is 2. The molecule has 7 heteroatoms. The zero-order valence-electron chi connectivity index (χ0n) is 21.2. The van der Waals surface area contributed by atoms with Crippen LogP contribution in [0.5, 0.6) is 11.5 Å². The van der Waals surface area contributed by atoms with E-state index in [1.54, 1.807) is 31.6 Å². The molecule has 0 aliphatic carbocycles. The summed E-state index contributed by atoms with van der Waals surface area (Å²) >= 11 is 0. The van der Waals surface area contributed by atoms with Crippen LogP contribution in [0.3, 0.4) is 0 Å². The Hall–Kier alpha value is -3.74. The van der Waals surface area contributed by atoms with E-state index in [-0.39, 0.29) is 30.4 Å². The predicted molar refractivity (Wildman–Crippen MR) is 137 cm³/mol. The number of furan rings is 1. The molecule has 0 N–H and O–H groups in total. The van der Waals surface area contributed by atoms with E-state index in [1.165, 1.54) is 5.56 Å². The van der Waals surface area contributed by atoms with Gasteiger partial charge in [0.25, 0.3) is 11.8 Å². The van der Waals surface area contributed by atoms with Crippen molar-refractivity contribution < 1.29 is 23.5 Å². The first-order chi connectivity index (χ1) is 17.5. The molecule has 1 fully saturated rings. The van der Waals surface area contributed by atoms with E-state index in [1.807, 2.05) is 54.1 Å². The average Bonchev–Trinajstić information content (AvgIpc) is 3.36. The summed E-state index contributed by atoms with van der Waals surface area (Å²) in [4.78, 5) is 29.9. The minimum absolute atomic E-state index is 0.0104. The molecule has 2 amide bonds. The Morgan fingerprint density at radius 1 is 1.03 bits per heavy atom. The first kappa shape index (κ1) is 25.4. The number of para-hydroxylation sites is 2. The van der Waals surface area contributed by atoms with Crippen molar-refractivity contribution in [3.8, 4) is 11.5 Å². The molecule has 190 valence electrons. The Labute approximate surface area is 212 Å². The first-order valence-corrected chi connectivity index (χ1v) is 12.4. The highest BCUT2D eigenvalue weighted by atomic mass is 16.5. The lowest BCUT2D eigenvalue weighted by atomic mass is 9.84. The van der Waals surface area contributed by atoms with E-state index in [0.717, 1.165) is 19.3 Å². The zero-order chi connectivity index (χ0) is 25.5. The number of likely N-dealkylation sites (N-methyl/N-ethyl adjacent to an activating group) is 1. The van der Waals surface area contributed by atoms with Gasteiger partial charge in [-0.05, 0) is 55.9 Å². The molecule has 4 rings (SSSR count). The highest BCUT2D eigenvalue weighted by Gasteiger charge is 2.33. The van der Waals surface area contributed by atoms with Gasteiger partial charge in [-0.15, -0.1) is 0 Å². The molecule has 2 heterocycles. The largest absolute Gasteiger partial charge is 0.493 e. The third-order valence-electron chi connectivity index (χ3n) is 7.05. The summed E-state index contributed by atoms with van der Waals surface area (Å²) in [5.41, 5.74) is 1.78. The third kappa shape index (κ3) is 5.90. The standard InChI is InChI=1S/C29H34N2O5/c1-21-24(15-18-35-21)29(33)30(2)25(19-22-9-5-4-6-10-22)23-13-16-31(17-14-23)28(32)20-36-27-12-8-7-11-26(27)34-3/h4-12,15,18,23,25H,13-14,16-17,19-20H2,1-3H3/t25-/m0/s1. The van der Waals surface area contributed by atoms with E-state index in [2.05, 4.69) is 12.1 Å².